The number of benzene rings is 2. The summed E-state index contributed by atoms with van der Waals surface area (Å²) in [5.41, 5.74) is 7.89. The number of carbonyl (C=O) groups excluding carboxylic acids is 8. The largest absolute Gasteiger partial charge is 0.481 e. The Balaban J connectivity index is 1.59. The number of fused-ring (bicyclic) bond motifs is 1. The molecule has 0 bridgehead atoms. The Morgan fingerprint density at radius 3 is 1.71 bits per heavy atom. The van der Waals surface area contributed by atoms with E-state index in [2.05, 4.69) is 72.8 Å². The van der Waals surface area contributed by atoms with Gasteiger partial charge in [-0.15, -0.1) is 0 Å². The van der Waals surface area contributed by atoms with Gasteiger partial charge in [0, 0.05) is 41.4 Å². The van der Waals surface area contributed by atoms with E-state index < -0.39 is 114 Å². The monoisotopic (exact) mass is 1030 g/mol. The minimum absolute atomic E-state index is 0.0447. The van der Waals surface area contributed by atoms with Crippen molar-refractivity contribution < 1.29 is 48.3 Å². The summed E-state index contributed by atoms with van der Waals surface area (Å²) >= 11 is 8.62. The molecule has 1 aromatic heterocycles. The number of rotatable bonds is 15. The Labute approximate surface area is 430 Å². The van der Waals surface area contributed by atoms with E-state index in [1.807, 2.05) is 24.3 Å². The lowest BCUT2D eigenvalue weighted by molar-refractivity contribution is -0.141. The Hall–Kier alpha value is -6.13. The van der Waals surface area contributed by atoms with E-state index in [9.17, 15) is 48.3 Å². The number of carboxylic acid groups (broad SMARTS) is 1. The highest BCUT2D eigenvalue weighted by Crippen LogP contribution is 2.28. The van der Waals surface area contributed by atoms with Crippen molar-refractivity contribution in [3.8, 4) is 0 Å². The maximum Gasteiger partial charge on any atom is 0.305 e. The molecule has 8 atom stereocenters. The number of carboxylic acids is 1. The molecule has 1 saturated heterocycles. The Morgan fingerprint density at radius 2 is 1.10 bits per heavy atom. The molecule has 5 rings (SSSR count). The summed E-state index contributed by atoms with van der Waals surface area (Å²) in [7, 11) is 0. The Morgan fingerprint density at radius 1 is 0.597 bits per heavy atom. The van der Waals surface area contributed by atoms with Crippen LogP contribution in [0.3, 0.4) is 0 Å². The number of aromatic nitrogens is 1. The van der Waals surface area contributed by atoms with Gasteiger partial charge >= 0.3 is 5.97 Å². The van der Waals surface area contributed by atoms with Crippen LogP contribution in [0.2, 0.25) is 0 Å². The zero-order chi connectivity index (χ0) is 52.3. The number of para-hydroxylation sites is 1. The van der Waals surface area contributed by atoms with Crippen molar-refractivity contribution in [1.29, 1.82) is 0 Å². The van der Waals surface area contributed by atoms with E-state index >= 15 is 0 Å². The number of aromatic amines is 1. The molecule has 1 aliphatic carbocycles. The molecular formula is C50H70N10O10S2. The summed E-state index contributed by atoms with van der Waals surface area (Å²) in [4.78, 5) is 129. The number of unbranched alkanes of at least 4 members (excludes halogenated alkanes) is 1. The van der Waals surface area contributed by atoms with Crippen molar-refractivity contribution in [3.63, 3.8) is 0 Å². The van der Waals surface area contributed by atoms with Crippen LogP contribution in [0.15, 0.2) is 60.8 Å². The quantitative estimate of drug-likeness (QED) is 0.0751. The van der Waals surface area contributed by atoms with Gasteiger partial charge in [-0.2, -0.15) is 25.3 Å². The highest BCUT2D eigenvalue weighted by Gasteiger charge is 2.37. The van der Waals surface area contributed by atoms with Crippen LogP contribution in [0.25, 0.3) is 10.9 Å². The number of aliphatic carboxylic acids is 1. The van der Waals surface area contributed by atoms with Crippen molar-refractivity contribution in [2.75, 3.05) is 18.1 Å². The molecule has 20 nitrogen and oxygen atoms in total. The van der Waals surface area contributed by atoms with Crippen molar-refractivity contribution in [2.45, 2.75) is 139 Å². The van der Waals surface area contributed by atoms with E-state index in [1.54, 1.807) is 50.4 Å². The average Bonchev–Trinajstić information content (AvgIpc) is 3.77. The van der Waals surface area contributed by atoms with Gasteiger partial charge in [0.2, 0.25) is 47.3 Å². The van der Waals surface area contributed by atoms with Gasteiger partial charge in [-0.25, -0.2) is 0 Å². The normalized spacial score (nSPS) is 25.2. The van der Waals surface area contributed by atoms with Gasteiger partial charge in [-0.05, 0) is 61.3 Å². The van der Waals surface area contributed by atoms with Gasteiger partial charge in [-0.3, -0.25) is 43.2 Å². The first-order valence-corrected chi connectivity index (χ1v) is 25.9. The molecule has 1 aliphatic heterocycles. The summed E-state index contributed by atoms with van der Waals surface area (Å²) < 4.78 is 0. The second kappa shape index (κ2) is 28.2. The van der Waals surface area contributed by atoms with E-state index in [0.717, 1.165) is 43.0 Å². The topological polar surface area (TPSA) is 312 Å². The molecule has 0 unspecified atom stereocenters. The van der Waals surface area contributed by atoms with Crippen molar-refractivity contribution in [1.82, 2.24) is 47.5 Å². The third kappa shape index (κ3) is 16.7. The van der Waals surface area contributed by atoms with Crippen LogP contribution in [0.4, 0.5) is 0 Å². The summed E-state index contributed by atoms with van der Waals surface area (Å²) in [5.74, 6) is -9.29. The van der Waals surface area contributed by atoms with Crippen LogP contribution in [0.1, 0.15) is 89.2 Å². The lowest BCUT2D eigenvalue weighted by Crippen LogP contribution is -2.62. The smallest absolute Gasteiger partial charge is 0.305 e. The SMILES string of the molecule is CC(C)[C@@H]1NC(=O)[C@H](CS)NC(=O)[C@H](CC2CCCCC2)NC(=O)[C@H](CCCCN)NC(=O)[C@H](Cc2c[nH]c3ccccc23)NC(=O)[C@H](Cc2ccccc2)NC(=O)[C@H](CS)NC(=O)[C@H](CC(=O)O)NC1=O. The molecule has 0 radical (unpaired) electrons. The van der Waals surface area contributed by atoms with Crippen LogP contribution >= 0.6 is 25.3 Å². The fourth-order valence-electron chi connectivity index (χ4n) is 8.99. The second-order valence-corrected chi connectivity index (χ2v) is 19.6. The molecule has 12 N–H and O–H groups in total. The highest BCUT2D eigenvalue weighted by molar-refractivity contribution is 7.80. The maximum atomic E-state index is 14.8. The van der Waals surface area contributed by atoms with Gasteiger partial charge in [-0.1, -0.05) is 94.5 Å². The predicted molar refractivity (Wildman–Crippen MR) is 276 cm³/mol. The zero-order valence-corrected chi connectivity index (χ0v) is 42.5. The number of hydrogen-bond donors (Lipinski definition) is 13. The van der Waals surface area contributed by atoms with Crippen LogP contribution in [0, 0.1) is 11.8 Å². The van der Waals surface area contributed by atoms with Crippen LogP contribution in [0.5, 0.6) is 0 Å². The molecule has 0 spiro atoms. The zero-order valence-electron chi connectivity index (χ0n) is 40.7. The van der Waals surface area contributed by atoms with Crippen molar-refractivity contribution in [3.05, 3.63) is 71.9 Å². The van der Waals surface area contributed by atoms with Crippen LogP contribution in [-0.2, 0) is 56.0 Å². The third-order valence-corrected chi connectivity index (χ3v) is 13.8. The molecule has 3 aromatic rings. The fourth-order valence-corrected chi connectivity index (χ4v) is 9.51. The standard InChI is InChI=1S/C50H70N10O10S2/c1-28(2)42-50(70)57-38(24-41(61)62)47(67)58-39(26-71)48(68)55-35(21-29-13-5-3-6-14-29)44(64)56-37(23-31-25-52-33-18-10-9-17-32(31)33)46(66)53-34(19-11-12-20-51)43(63)54-36(22-30-15-7-4-8-16-30)45(65)59-40(27-72)49(69)60-42/h3,5-6,9-10,13-14,17-18,25,28,30,34-40,42,52,71-72H,4,7-8,11-12,15-16,19-24,26-27,51H2,1-2H3,(H,53,66)(H,54,63)(H,55,68)(H,56,64)(H,57,70)(H,58,67)(H,59,65)(H,60,69)(H,61,62)/t34-,35-,36-,37-,38-,39-,40-,42-/m0/s1. The molecule has 22 heteroatoms. The number of H-pyrrole nitrogens is 1. The number of carbonyl (C=O) groups is 9. The summed E-state index contributed by atoms with van der Waals surface area (Å²) in [6.45, 7) is 3.51. The lowest BCUT2D eigenvalue weighted by Gasteiger charge is -2.31. The summed E-state index contributed by atoms with van der Waals surface area (Å²) in [6.07, 6.45) is 6.34. The number of hydrogen-bond acceptors (Lipinski definition) is 12. The molecule has 392 valence electrons. The van der Waals surface area contributed by atoms with Crippen molar-refractivity contribution >= 4 is 89.4 Å². The van der Waals surface area contributed by atoms with Gasteiger partial charge in [0.05, 0.1) is 6.42 Å². The molecular weight excluding hydrogens is 965 g/mol. The summed E-state index contributed by atoms with van der Waals surface area (Å²) in [6, 6.07) is 5.00. The van der Waals surface area contributed by atoms with E-state index in [-0.39, 0.29) is 43.1 Å². The van der Waals surface area contributed by atoms with Gasteiger partial charge in [0.1, 0.15) is 48.3 Å². The molecule has 2 aromatic carbocycles. The number of thiol groups is 2. The van der Waals surface area contributed by atoms with E-state index in [1.165, 1.54) is 0 Å². The van der Waals surface area contributed by atoms with E-state index in [4.69, 9.17) is 5.73 Å². The fraction of sp³-hybridized carbons (Fsp3) is 0.540. The number of nitrogens with one attached hydrogen (secondary N) is 9. The molecule has 72 heavy (non-hydrogen) atoms. The lowest BCUT2D eigenvalue weighted by atomic mass is 9.84. The summed E-state index contributed by atoms with van der Waals surface area (Å²) in [5, 5.41) is 32.0. The predicted octanol–water partition coefficient (Wildman–Crippen LogP) is 0.935. The third-order valence-electron chi connectivity index (χ3n) is 13.0. The second-order valence-electron chi connectivity index (χ2n) is 18.9. The maximum absolute atomic E-state index is 14.8. The first-order chi connectivity index (χ1) is 34.5. The molecule has 2 heterocycles. The highest BCUT2D eigenvalue weighted by atomic mass is 32.1. The Bertz CT molecular complexity index is 2360. The molecule has 2 fully saturated rings. The van der Waals surface area contributed by atoms with Crippen LogP contribution < -0.4 is 48.3 Å². The van der Waals surface area contributed by atoms with Gasteiger partial charge in [0.25, 0.3) is 0 Å². The minimum Gasteiger partial charge on any atom is -0.481 e. The first kappa shape index (κ1) is 56.8. The molecule has 8 amide bonds. The van der Waals surface area contributed by atoms with Gasteiger partial charge in [0.15, 0.2) is 0 Å². The average molecular weight is 1040 g/mol. The minimum atomic E-state index is -1.76. The van der Waals surface area contributed by atoms with Gasteiger partial charge < -0.3 is 58.4 Å². The van der Waals surface area contributed by atoms with Crippen LogP contribution in [-0.4, -0.2) is 130 Å². The van der Waals surface area contributed by atoms with E-state index in [0.29, 0.717) is 30.5 Å². The number of nitrogens with two attached hydrogens (primary N) is 1. The van der Waals surface area contributed by atoms with Crippen molar-refractivity contribution in [2.24, 2.45) is 17.6 Å². The Kier molecular flexibility index (Phi) is 22.2. The molecule has 1 saturated carbocycles. The first-order valence-electron chi connectivity index (χ1n) is 24.7. The number of amides is 8. The molecule has 2 aliphatic rings.